The molecule has 3 aromatic carbocycles. The van der Waals surface area contributed by atoms with Crippen molar-refractivity contribution in [3.8, 4) is 5.75 Å². The first kappa shape index (κ1) is 31.8. The molecule has 2 heterocycles. The molecule has 42 heavy (non-hydrogen) atoms. The first-order chi connectivity index (χ1) is 19.8. The van der Waals surface area contributed by atoms with Gasteiger partial charge in [-0.1, -0.05) is 29.8 Å². The Morgan fingerprint density at radius 3 is 2.50 bits per heavy atom. The molecule has 1 fully saturated rings. The van der Waals surface area contributed by atoms with E-state index in [2.05, 4.69) is 22.2 Å². The maximum Gasteiger partial charge on any atom is 0.262 e. The number of methoxy groups -OCH3 is 1. The highest BCUT2D eigenvalue weighted by atomic mass is 35.5. The maximum atomic E-state index is 14.4. The first-order valence-electron chi connectivity index (χ1n) is 14.4. The fourth-order valence-corrected chi connectivity index (χ4v) is 6.09. The summed E-state index contributed by atoms with van der Waals surface area (Å²) in [5, 5.41) is 3.63. The Morgan fingerprint density at radius 1 is 1.00 bits per heavy atom. The molecule has 2 amide bonds. The maximum absolute atomic E-state index is 14.4. The summed E-state index contributed by atoms with van der Waals surface area (Å²) in [6.45, 7) is 7.09. The predicted molar refractivity (Wildman–Crippen MR) is 173 cm³/mol. The van der Waals surface area contributed by atoms with Crippen LogP contribution in [0.1, 0.15) is 51.1 Å². The Kier molecular flexibility index (Phi) is 10.9. The van der Waals surface area contributed by atoms with Crippen LogP contribution in [0, 0.1) is 6.92 Å². The molecule has 0 saturated carbocycles. The number of anilines is 2. The molecule has 0 radical (unpaired) electrons. The van der Waals surface area contributed by atoms with E-state index < -0.39 is 0 Å². The molecule has 9 heteroatoms. The van der Waals surface area contributed by atoms with Gasteiger partial charge in [0.15, 0.2) is 0 Å². The number of piperazine rings is 1. The largest absolute Gasteiger partial charge is 0.496 e. The number of amides is 2. The van der Waals surface area contributed by atoms with E-state index in [9.17, 15) is 9.59 Å². The monoisotopic (exact) mass is 610 g/mol. The summed E-state index contributed by atoms with van der Waals surface area (Å²) in [7, 11) is 3.72. The first-order valence-corrected chi connectivity index (χ1v) is 14.8. The molecule has 0 aliphatic carbocycles. The number of halogens is 2. The van der Waals surface area contributed by atoms with E-state index in [1.807, 2.05) is 48.2 Å². The second kappa shape index (κ2) is 14.4. The third-order valence-corrected chi connectivity index (χ3v) is 8.56. The minimum Gasteiger partial charge on any atom is -0.496 e. The number of hydrogen-bond donors (Lipinski definition) is 1. The Morgan fingerprint density at radius 2 is 1.76 bits per heavy atom. The van der Waals surface area contributed by atoms with Crippen molar-refractivity contribution in [2.75, 3.05) is 57.1 Å². The van der Waals surface area contributed by atoms with Gasteiger partial charge in [-0.2, -0.15) is 0 Å². The van der Waals surface area contributed by atoms with Crippen LogP contribution in [0.25, 0.3) is 0 Å². The lowest BCUT2D eigenvalue weighted by Gasteiger charge is -2.36. The van der Waals surface area contributed by atoms with Crippen LogP contribution in [0.2, 0.25) is 5.02 Å². The number of nitrogens with one attached hydrogen (secondary N) is 1. The molecule has 2 aliphatic heterocycles. The van der Waals surface area contributed by atoms with Crippen LogP contribution < -0.4 is 15.0 Å². The van der Waals surface area contributed by atoms with Gasteiger partial charge in [0, 0.05) is 66.8 Å². The summed E-state index contributed by atoms with van der Waals surface area (Å²) in [6.07, 6.45) is 3.68. The zero-order valence-electron chi connectivity index (χ0n) is 24.6. The number of ether oxygens (including phenoxy) is 1. The minimum absolute atomic E-state index is 0. The smallest absolute Gasteiger partial charge is 0.262 e. The molecule has 0 aromatic heterocycles. The van der Waals surface area contributed by atoms with E-state index in [-0.39, 0.29) is 30.3 Å². The number of nitrogens with zero attached hydrogens (tertiary/aromatic N) is 3. The standard InChI is InChI=1S/C33H39ClN4O3.ClH/c1-23-7-4-5-10-28(23)32(39)35-26-12-13-29(31(22-26)41-3)33(40)38-27(15-16-37-19-17-36(2)18-20-37)9-6-8-24-21-25(34)11-14-30(24)38;/h4-5,7,10-14,21-22,27H,6,8-9,15-20H2,1-3H3,(H,35,39);1H. The van der Waals surface area contributed by atoms with Gasteiger partial charge >= 0.3 is 0 Å². The van der Waals surface area contributed by atoms with Crippen molar-refractivity contribution in [3.63, 3.8) is 0 Å². The van der Waals surface area contributed by atoms with Gasteiger partial charge < -0.3 is 24.8 Å². The molecule has 1 unspecified atom stereocenters. The van der Waals surface area contributed by atoms with Gasteiger partial charge in [0.2, 0.25) is 0 Å². The molecule has 1 N–H and O–H groups in total. The van der Waals surface area contributed by atoms with Crippen LogP contribution in [-0.2, 0) is 6.42 Å². The molecule has 0 spiro atoms. The lowest BCUT2D eigenvalue weighted by Crippen LogP contribution is -2.47. The van der Waals surface area contributed by atoms with E-state index in [0.717, 1.165) is 75.2 Å². The van der Waals surface area contributed by atoms with Crippen LogP contribution in [-0.4, -0.2) is 74.5 Å². The molecule has 2 aliphatic rings. The highest BCUT2D eigenvalue weighted by Crippen LogP contribution is 2.36. The zero-order valence-corrected chi connectivity index (χ0v) is 26.1. The number of benzene rings is 3. The van der Waals surface area contributed by atoms with Gasteiger partial charge in [0.05, 0.1) is 12.7 Å². The van der Waals surface area contributed by atoms with Gasteiger partial charge in [-0.25, -0.2) is 0 Å². The van der Waals surface area contributed by atoms with Crippen molar-refractivity contribution >= 4 is 47.2 Å². The van der Waals surface area contributed by atoms with Crippen molar-refractivity contribution < 1.29 is 14.3 Å². The van der Waals surface area contributed by atoms with E-state index in [1.165, 1.54) is 0 Å². The number of hydrogen-bond acceptors (Lipinski definition) is 5. The van der Waals surface area contributed by atoms with Gasteiger partial charge in [0.25, 0.3) is 11.8 Å². The molecule has 224 valence electrons. The van der Waals surface area contributed by atoms with Crippen molar-refractivity contribution in [3.05, 3.63) is 87.9 Å². The van der Waals surface area contributed by atoms with Crippen LogP contribution in [0.15, 0.2) is 60.7 Å². The van der Waals surface area contributed by atoms with Crippen molar-refractivity contribution in [1.29, 1.82) is 0 Å². The molecule has 3 aromatic rings. The number of carbonyl (C=O) groups excluding carboxylic acids is 2. The second-order valence-electron chi connectivity index (χ2n) is 11.1. The summed E-state index contributed by atoms with van der Waals surface area (Å²) >= 11 is 6.38. The summed E-state index contributed by atoms with van der Waals surface area (Å²) in [5.41, 5.74) is 4.55. The molecule has 5 rings (SSSR count). The second-order valence-corrected chi connectivity index (χ2v) is 11.5. The molecule has 1 atom stereocenters. The fourth-order valence-electron chi connectivity index (χ4n) is 5.90. The van der Waals surface area contributed by atoms with E-state index >= 15 is 0 Å². The number of fused-ring (bicyclic) bond motifs is 1. The fraction of sp³-hybridized carbons (Fsp3) is 0.394. The lowest BCUT2D eigenvalue weighted by molar-refractivity contribution is 0.0965. The Balaban J connectivity index is 0.00000405. The van der Waals surface area contributed by atoms with Crippen LogP contribution in [0.4, 0.5) is 11.4 Å². The van der Waals surface area contributed by atoms with Gasteiger partial charge in [-0.15, -0.1) is 12.4 Å². The Hall–Kier alpha value is -3.10. The van der Waals surface area contributed by atoms with E-state index in [0.29, 0.717) is 27.6 Å². The van der Waals surface area contributed by atoms with E-state index in [4.69, 9.17) is 16.3 Å². The topological polar surface area (TPSA) is 65.1 Å². The highest BCUT2D eigenvalue weighted by molar-refractivity contribution is 6.30. The average Bonchev–Trinajstić information content (AvgIpc) is 3.15. The minimum atomic E-state index is -0.202. The summed E-state index contributed by atoms with van der Waals surface area (Å²) in [5.74, 6) is 0.120. The number of likely N-dealkylation sites (N-methyl/N-ethyl adjacent to an activating group) is 1. The van der Waals surface area contributed by atoms with E-state index in [1.54, 1.807) is 31.4 Å². The van der Waals surface area contributed by atoms with Gasteiger partial charge in [-0.3, -0.25) is 9.59 Å². The SMILES string of the molecule is COc1cc(NC(=O)c2ccccc2C)ccc1C(=O)N1c2ccc(Cl)cc2CCCC1CCN1CCN(C)CC1.Cl. The molecule has 0 bridgehead atoms. The number of carbonyl (C=O) groups is 2. The third-order valence-electron chi connectivity index (χ3n) is 8.32. The Labute approximate surface area is 260 Å². The quantitative estimate of drug-likeness (QED) is 0.339. The molecular formula is C33H40Cl2N4O3. The summed E-state index contributed by atoms with van der Waals surface area (Å²) < 4.78 is 5.71. The average molecular weight is 612 g/mol. The molecule has 1 saturated heterocycles. The van der Waals surface area contributed by atoms with Gasteiger partial charge in [-0.05, 0) is 87.2 Å². The van der Waals surface area contributed by atoms with Crippen molar-refractivity contribution in [2.24, 2.45) is 0 Å². The zero-order chi connectivity index (χ0) is 28.9. The third kappa shape index (κ3) is 7.27. The predicted octanol–water partition coefficient (Wildman–Crippen LogP) is 6.32. The van der Waals surface area contributed by atoms with Crippen molar-refractivity contribution in [1.82, 2.24) is 9.80 Å². The molecular weight excluding hydrogens is 571 g/mol. The van der Waals surface area contributed by atoms with Crippen molar-refractivity contribution in [2.45, 2.75) is 38.6 Å². The lowest BCUT2D eigenvalue weighted by atomic mass is 10.0. The summed E-state index contributed by atoms with van der Waals surface area (Å²) in [6, 6.07) is 18.6. The van der Waals surface area contributed by atoms with Gasteiger partial charge in [0.1, 0.15) is 5.75 Å². The van der Waals surface area contributed by atoms with Crippen LogP contribution in [0.3, 0.4) is 0 Å². The normalized spacial score (nSPS) is 17.5. The summed E-state index contributed by atoms with van der Waals surface area (Å²) in [4.78, 5) is 34.1. The highest BCUT2D eigenvalue weighted by Gasteiger charge is 2.32. The Bertz CT molecular complexity index is 1410. The number of rotatable bonds is 7. The molecule has 7 nitrogen and oxygen atoms in total. The van der Waals surface area contributed by atoms with Crippen LogP contribution >= 0.6 is 24.0 Å². The van der Waals surface area contributed by atoms with Crippen LogP contribution in [0.5, 0.6) is 5.75 Å². The number of aryl methyl sites for hydroxylation is 2.